The summed E-state index contributed by atoms with van der Waals surface area (Å²) in [6.07, 6.45) is 1.22. The van der Waals surface area contributed by atoms with Gasteiger partial charge in [-0.3, -0.25) is 9.88 Å². The predicted octanol–water partition coefficient (Wildman–Crippen LogP) is 9.35. The van der Waals surface area contributed by atoms with Gasteiger partial charge in [-0.2, -0.15) is 17.6 Å². The van der Waals surface area contributed by atoms with E-state index in [2.05, 4.69) is 16.9 Å². The van der Waals surface area contributed by atoms with Crippen molar-refractivity contribution >= 4 is 40.3 Å². The first-order valence-electron chi connectivity index (χ1n) is 16.0. The number of carboxylic acid groups (broad SMARTS) is 1. The molecule has 0 spiro atoms. The van der Waals surface area contributed by atoms with Crippen LogP contribution in [0, 0.1) is 5.13 Å². The Kier molecular flexibility index (Phi) is 11.9. The highest BCUT2D eigenvalue weighted by atomic mass is 32.1. The number of aryl methyl sites for hydroxylation is 1. The van der Waals surface area contributed by atoms with Crippen LogP contribution < -0.4 is 4.90 Å². The van der Waals surface area contributed by atoms with Gasteiger partial charge in [-0.05, 0) is 76.3 Å². The lowest BCUT2D eigenvalue weighted by Crippen LogP contribution is -2.51. The molecule has 0 atom stereocenters. The molecule has 2 heterocycles. The molecule has 2 aromatic heterocycles. The standard InChI is InChI=1S/C34H40F4N4O6S/c1-5-6-7-8-9-10-12-22-14-15-24(19-25(22)34(36,37)38)42(29-40-26(27(35)49-29)23-13-11-18-39-20-23)31(46)47-21-41(30(45)48-32(2,3)4)33(16-17-33)28(43)44/h11,13-15,18-20H,5-10,12,16-17,21H2,1-4H3,(H,43,44). The minimum atomic E-state index is -4.79. The van der Waals surface area contributed by atoms with E-state index in [4.69, 9.17) is 9.47 Å². The summed E-state index contributed by atoms with van der Waals surface area (Å²) in [6.45, 7) is 5.88. The number of anilines is 2. The van der Waals surface area contributed by atoms with Crippen molar-refractivity contribution < 1.29 is 46.5 Å². The molecule has 1 aliphatic carbocycles. The number of amides is 2. The lowest BCUT2D eigenvalue weighted by molar-refractivity contribution is -0.146. The average Bonchev–Trinajstić information content (AvgIpc) is 3.74. The van der Waals surface area contributed by atoms with E-state index in [1.165, 1.54) is 30.6 Å². The van der Waals surface area contributed by atoms with Gasteiger partial charge >= 0.3 is 24.3 Å². The third-order valence-electron chi connectivity index (χ3n) is 7.91. The second kappa shape index (κ2) is 15.5. The number of carbonyl (C=O) groups is 3. The Balaban J connectivity index is 1.70. The maximum atomic E-state index is 15.3. The number of unbranched alkanes of at least 4 members (excludes halogenated alkanes) is 5. The number of ether oxygens (including phenoxy) is 2. The molecule has 49 heavy (non-hydrogen) atoms. The van der Waals surface area contributed by atoms with Gasteiger partial charge in [0.2, 0.25) is 10.3 Å². The van der Waals surface area contributed by atoms with Crippen molar-refractivity contribution in [3.05, 3.63) is 59.0 Å². The number of nitrogens with zero attached hydrogens (tertiary/aromatic N) is 4. The van der Waals surface area contributed by atoms with Gasteiger partial charge in [0, 0.05) is 18.0 Å². The van der Waals surface area contributed by atoms with Gasteiger partial charge in [-0.25, -0.2) is 24.3 Å². The molecule has 0 aliphatic heterocycles. The third kappa shape index (κ3) is 9.46. The Morgan fingerprint density at radius 3 is 2.31 bits per heavy atom. The minimum absolute atomic E-state index is 0.0367. The number of carbonyl (C=O) groups excluding carboxylic acids is 2. The number of benzene rings is 1. The molecular formula is C34H40F4N4O6S. The quantitative estimate of drug-likeness (QED) is 0.0999. The monoisotopic (exact) mass is 708 g/mol. The molecule has 15 heteroatoms. The van der Waals surface area contributed by atoms with Gasteiger partial charge in [0.15, 0.2) is 6.73 Å². The zero-order chi connectivity index (χ0) is 36.0. The molecule has 0 radical (unpaired) electrons. The van der Waals surface area contributed by atoms with E-state index < -0.39 is 52.9 Å². The number of alkyl halides is 3. The highest BCUT2D eigenvalue weighted by Gasteiger charge is 2.58. The van der Waals surface area contributed by atoms with Crippen LogP contribution >= 0.6 is 11.3 Å². The zero-order valence-electron chi connectivity index (χ0n) is 27.8. The number of carboxylic acids is 1. The summed E-state index contributed by atoms with van der Waals surface area (Å²) in [6, 6.07) is 6.40. The van der Waals surface area contributed by atoms with Gasteiger partial charge in [0.05, 0.1) is 11.3 Å². The maximum absolute atomic E-state index is 15.3. The van der Waals surface area contributed by atoms with Crippen LogP contribution in [0.25, 0.3) is 11.3 Å². The highest BCUT2D eigenvalue weighted by Crippen LogP contribution is 2.44. The fourth-order valence-corrected chi connectivity index (χ4v) is 6.04. The summed E-state index contributed by atoms with van der Waals surface area (Å²) in [7, 11) is 0. The maximum Gasteiger partial charge on any atom is 0.422 e. The van der Waals surface area contributed by atoms with Crippen LogP contribution in [0.1, 0.15) is 90.2 Å². The number of thiazole rings is 1. The lowest BCUT2D eigenvalue weighted by atomic mass is 9.99. The Bertz CT molecular complexity index is 1620. The van der Waals surface area contributed by atoms with Gasteiger partial charge in [-0.15, -0.1) is 0 Å². The van der Waals surface area contributed by atoms with E-state index >= 15 is 4.39 Å². The molecule has 0 saturated heterocycles. The summed E-state index contributed by atoms with van der Waals surface area (Å²) in [4.78, 5) is 48.6. The van der Waals surface area contributed by atoms with E-state index in [0.29, 0.717) is 22.7 Å². The molecule has 0 unspecified atom stereocenters. The summed E-state index contributed by atoms with van der Waals surface area (Å²) in [5.74, 6) is -1.34. The van der Waals surface area contributed by atoms with Crippen molar-refractivity contribution in [3.63, 3.8) is 0 Å². The van der Waals surface area contributed by atoms with Crippen molar-refractivity contribution in [2.24, 2.45) is 0 Å². The van der Waals surface area contributed by atoms with Crippen LogP contribution in [0.4, 0.5) is 38.0 Å². The summed E-state index contributed by atoms with van der Waals surface area (Å²) in [5, 5.41) is 8.68. The van der Waals surface area contributed by atoms with Gasteiger partial charge in [0.25, 0.3) is 0 Å². The van der Waals surface area contributed by atoms with Crippen molar-refractivity contribution in [2.45, 2.75) is 103 Å². The van der Waals surface area contributed by atoms with E-state index in [-0.39, 0.29) is 46.9 Å². The molecule has 0 bridgehead atoms. The zero-order valence-corrected chi connectivity index (χ0v) is 28.6. The van der Waals surface area contributed by atoms with Crippen molar-refractivity contribution in [1.29, 1.82) is 0 Å². The summed E-state index contributed by atoms with van der Waals surface area (Å²) in [5.41, 5.74) is -3.91. The molecule has 10 nitrogen and oxygen atoms in total. The topological polar surface area (TPSA) is 122 Å². The summed E-state index contributed by atoms with van der Waals surface area (Å²) < 4.78 is 69.3. The van der Waals surface area contributed by atoms with Crippen molar-refractivity contribution in [2.75, 3.05) is 11.6 Å². The van der Waals surface area contributed by atoms with E-state index in [1.54, 1.807) is 26.8 Å². The number of aromatic nitrogens is 2. The fourth-order valence-electron chi connectivity index (χ4n) is 5.21. The Morgan fingerprint density at radius 1 is 1.02 bits per heavy atom. The first-order valence-corrected chi connectivity index (χ1v) is 16.9. The van der Waals surface area contributed by atoms with Gasteiger partial charge in [0.1, 0.15) is 16.8 Å². The molecule has 1 saturated carbocycles. The highest BCUT2D eigenvalue weighted by molar-refractivity contribution is 7.14. The smallest absolute Gasteiger partial charge is 0.422 e. The van der Waals surface area contributed by atoms with Crippen LogP contribution in [0.3, 0.4) is 0 Å². The van der Waals surface area contributed by atoms with Crippen molar-refractivity contribution in [1.82, 2.24) is 14.9 Å². The number of hydrogen-bond donors (Lipinski definition) is 1. The number of pyridine rings is 1. The lowest BCUT2D eigenvalue weighted by Gasteiger charge is -2.31. The first kappa shape index (κ1) is 37.5. The minimum Gasteiger partial charge on any atom is -0.479 e. The van der Waals surface area contributed by atoms with Crippen LogP contribution in [-0.2, 0) is 26.9 Å². The third-order valence-corrected chi connectivity index (χ3v) is 8.74. The number of hydrogen-bond acceptors (Lipinski definition) is 8. The predicted molar refractivity (Wildman–Crippen MR) is 175 cm³/mol. The second-order valence-electron chi connectivity index (χ2n) is 12.8. The van der Waals surface area contributed by atoms with E-state index in [9.17, 15) is 32.7 Å². The Labute approximate surface area is 286 Å². The van der Waals surface area contributed by atoms with Gasteiger partial charge in [-0.1, -0.05) is 56.4 Å². The normalized spacial score (nSPS) is 13.9. The second-order valence-corrected chi connectivity index (χ2v) is 13.8. The Hall–Kier alpha value is -4.27. The summed E-state index contributed by atoms with van der Waals surface area (Å²) >= 11 is 0.391. The fraction of sp³-hybridized carbons (Fsp3) is 0.500. The average molecular weight is 709 g/mol. The largest absolute Gasteiger partial charge is 0.479 e. The molecule has 1 aliphatic rings. The number of halogens is 4. The number of aliphatic carboxylic acids is 1. The van der Waals surface area contributed by atoms with E-state index in [0.717, 1.165) is 43.1 Å². The van der Waals surface area contributed by atoms with Crippen LogP contribution in [0.5, 0.6) is 0 Å². The van der Waals surface area contributed by atoms with Crippen LogP contribution in [0.2, 0.25) is 0 Å². The molecule has 3 aromatic rings. The SMILES string of the molecule is CCCCCCCCc1ccc(N(C(=O)OCN(C(=O)OC(C)(C)C)C2(C(=O)O)CC2)c2nc(-c3cccnc3)c(F)s2)cc1C(F)(F)F. The van der Waals surface area contributed by atoms with Crippen molar-refractivity contribution in [3.8, 4) is 11.3 Å². The molecule has 2 amide bonds. The molecule has 1 aromatic carbocycles. The molecule has 4 rings (SSSR count). The first-order chi connectivity index (χ1) is 23.1. The Morgan fingerprint density at radius 2 is 1.71 bits per heavy atom. The van der Waals surface area contributed by atoms with E-state index in [1.807, 2.05) is 0 Å². The van der Waals surface area contributed by atoms with Crippen LogP contribution in [0.15, 0.2) is 42.7 Å². The molecule has 1 fully saturated rings. The molecular weight excluding hydrogens is 668 g/mol. The van der Waals surface area contributed by atoms with Gasteiger partial charge < -0.3 is 14.6 Å². The molecule has 266 valence electrons. The van der Waals surface area contributed by atoms with Crippen LogP contribution in [-0.4, -0.2) is 56.0 Å². The molecule has 1 N–H and O–H groups in total. The number of rotatable bonds is 14.